The third-order valence-corrected chi connectivity index (χ3v) is 9.81. The number of rotatable bonds is 0. The molecule has 3 nitrogen and oxygen atoms in total. The lowest BCUT2D eigenvalue weighted by molar-refractivity contribution is 0.591. The maximum atomic E-state index is 5.03. The van der Waals surface area contributed by atoms with Crippen molar-refractivity contribution in [3.8, 4) is 5.69 Å². The van der Waals surface area contributed by atoms with Crippen molar-refractivity contribution in [2.75, 3.05) is 11.9 Å². The van der Waals surface area contributed by atoms with Gasteiger partial charge >= 0.3 is 0 Å². The standard InChI is InChI=1S/C37H36BN3/c1-10-27-20(2)40(9)33-25-13-11-21-15-23(36(3,4)5)16-22-12-14-26(31(25)30(21)22)34-32(33)38(27)28-17-24(37(6,7)8)18-29-35(28)41(34)19-39-29/h10-19H,2H2,1,3-9H3/b27-10+. The molecule has 0 saturated carbocycles. The van der Waals surface area contributed by atoms with E-state index in [1.807, 2.05) is 0 Å². The number of anilines is 1. The summed E-state index contributed by atoms with van der Waals surface area (Å²) in [7, 11) is 2.19. The van der Waals surface area contributed by atoms with E-state index in [9.17, 15) is 0 Å². The first-order valence-electron chi connectivity index (χ1n) is 14.8. The van der Waals surface area contributed by atoms with Gasteiger partial charge in [0.1, 0.15) is 6.33 Å². The van der Waals surface area contributed by atoms with Crippen molar-refractivity contribution < 1.29 is 0 Å². The van der Waals surface area contributed by atoms with E-state index in [4.69, 9.17) is 4.98 Å². The summed E-state index contributed by atoms with van der Waals surface area (Å²) in [5, 5.41) is 7.91. The fourth-order valence-corrected chi connectivity index (χ4v) is 7.60. The molecule has 0 radical (unpaired) electrons. The Morgan fingerprint density at radius 1 is 0.805 bits per heavy atom. The fourth-order valence-electron chi connectivity index (χ4n) is 7.60. The van der Waals surface area contributed by atoms with E-state index in [1.54, 1.807) is 0 Å². The smallest absolute Gasteiger partial charge is 0.251 e. The summed E-state index contributed by atoms with van der Waals surface area (Å²) in [6, 6.07) is 18.9. The van der Waals surface area contributed by atoms with Crippen molar-refractivity contribution in [1.82, 2.24) is 9.55 Å². The number of allylic oxidation sites excluding steroid dienone is 2. The number of fused-ring (bicyclic) bond motifs is 4. The summed E-state index contributed by atoms with van der Waals surface area (Å²) in [5.74, 6) is 0. The molecule has 0 fully saturated rings. The molecule has 3 heterocycles. The second-order valence-corrected chi connectivity index (χ2v) is 14.2. The van der Waals surface area contributed by atoms with Gasteiger partial charge in [-0.3, -0.25) is 4.57 Å². The maximum Gasteiger partial charge on any atom is 0.251 e. The molecule has 1 aromatic heterocycles. The molecule has 8 rings (SSSR count). The van der Waals surface area contributed by atoms with Gasteiger partial charge in [0.05, 0.1) is 16.7 Å². The van der Waals surface area contributed by atoms with E-state index in [0.29, 0.717) is 0 Å². The number of nitrogens with zero attached hydrogens (tertiary/aromatic N) is 3. The lowest BCUT2D eigenvalue weighted by atomic mass is 9.32. The van der Waals surface area contributed by atoms with Crippen LogP contribution in [0.2, 0.25) is 0 Å². The Balaban J connectivity index is 1.60. The van der Waals surface area contributed by atoms with Crippen molar-refractivity contribution in [1.29, 1.82) is 0 Å². The van der Waals surface area contributed by atoms with Crippen LogP contribution < -0.4 is 15.8 Å². The van der Waals surface area contributed by atoms with Gasteiger partial charge in [0, 0.05) is 34.6 Å². The molecule has 2 aliphatic rings. The molecule has 0 aliphatic carbocycles. The first kappa shape index (κ1) is 24.7. The van der Waals surface area contributed by atoms with Gasteiger partial charge in [-0.05, 0) is 67.5 Å². The number of imidazole rings is 1. The van der Waals surface area contributed by atoms with Gasteiger partial charge in [-0.2, -0.15) is 0 Å². The number of benzene rings is 5. The molecule has 0 saturated heterocycles. The number of aromatic nitrogens is 2. The predicted molar refractivity (Wildman–Crippen MR) is 178 cm³/mol. The minimum atomic E-state index is 0.0233. The third kappa shape index (κ3) is 3.03. The monoisotopic (exact) mass is 533 g/mol. The third-order valence-electron chi connectivity index (χ3n) is 9.81. The molecule has 2 aliphatic heterocycles. The minimum absolute atomic E-state index is 0.0233. The van der Waals surface area contributed by atoms with Gasteiger partial charge in [-0.1, -0.05) is 96.7 Å². The zero-order valence-electron chi connectivity index (χ0n) is 25.4. The van der Waals surface area contributed by atoms with Crippen LogP contribution in [-0.4, -0.2) is 23.3 Å². The number of likely N-dealkylation sites (N-methyl/N-ethyl adjacent to an activating group) is 1. The van der Waals surface area contributed by atoms with Crippen LogP contribution in [0.15, 0.2) is 78.7 Å². The molecular weight excluding hydrogens is 497 g/mol. The number of hydrogen-bond donors (Lipinski definition) is 0. The Hall–Kier alpha value is -4.05. The highest BCUT2D eigenvalue weighted by atomic mass is 15.1. The SMILES string of the molecule is C=C1/C(=C\C)B2c3c(c4ccc5cc(C(C)(C)C)cc6ccc(c3-n3cnc7cc(C(C)(C)C)cc2c73)c4c56)N1C. The van der Waals surface area contributed by atoms with Crippen LogP contribution in [0.1, 0.15) is 59.6 Å². The number of hydrogen-bond acceptors (Lipinski definition) is 2. The largest absolute Gasteiger partial charge is 0.345 e. The Morgan fingerprint density at radius 3 is 2.02 bits per heavy atom. The summed E-state index contributed by atoms with van der Waals surface area (Å²) >= 11 is 0. The van der Waals surface area contributed by atoms with Crippen molar-refractivity contribution in [2.24, 2.45) is 0 Å². The average molecular weight is 534 g/mol. The zero-order valence-corrected chi connectivity index (χ0v) is 25.4. The Labute approximate surface area is 242 Å². The Kier molecular flexibility index (Phi) is 4.59. The lowest BCUT2D eigenvalue weighted by Crippen LogP contribution is -2.56. The second-order valence-electron chi connectivity index (χ2n) is 14.2. The average Bonchev–Trinajstić information content (AvgIpc) is 3.35. The van der Waals surface area contributed by atoms with E-state index in [2.05, 4.69) is 132 Å². The molecule has 6 aromatic rings. The molecule has 4 heteroatoms. The van der Waals surface area contributed by atoms with E-state index in [-0.39, 0.29) is 17.5 Å². The molecule has 0 bridgehead atoms. The summed E-state index contributed by atoms with van der Waals surface area (Å²) in [6.07, 6.45) is 4.33. The van der Waals surface area contributed by atoms with Crippen LogP contribution in [0.5, 0.6) is 0 Å². The van der Waals surface area contributed by atoms with Crippen LogP contribution in [0.3, 0.4) is 0 Å². The minimum Gasteiger partial charge on any atom is -0.345 e. The van der Waals surface area contributed by atoms with Gasteiger partial charge in [-0.25, -0.2) is 4.98 Å². The molecule has 0 atom stereocenters. The van der Waals surface area contributed by atoms with Crippen LogP contribution in [-0.2, 0) is 10.8 Å². The van der Waals surface area contributed by atoms with Crippen molar-refractivity contribution >= 4 is 66.7 Å². The normalized spacial score (nSPS) is 16.3. The summed E-state index contributed by atoms with van der Waals surface area (Å²) in [4.78, 5) is 7.36. The first-order valence-corrected chi connectivity index (χ1v) is 14.8. The van der Waals surface area contributed by atoms with Crippen LogP contribution in [0.25, 0.3) is 49.0 Å². The Morgan fingerprint density at radius 2 is 1.41 bits per heavy atom. The van der Waals surface area contributed by atoms with E-state index in [1.165, 1.54) is 76.7 Å². The molecule has 41 heavy (non-hydrogen) atoms. The molecule has 0 unspecified atom stereocenters. The van der Waals surface area contributed by atoms with Crippen molar-refractivity contribution in [3.63, 3.8) is 0 Å². The van der Waals surface area contributed by atoms with Crippen molar-refractivity contribution in [3.05, 3.63) is 89.8 Å². The molecule has 0 amide bonds. The molecule has 202 valence electrons. The predicted octanol–water partition coefficient (Wildman–Crippen LogP) is 7.89. The van der Waals surface area contributed by atoms with Gasteiger partial charge < -0.3 is 4.90 Å². The van der Waals surface area contributed by atoms with Crippen LogP contribution in [0, 0.1) is 0 Å². The maximum absolute atomic E-state index is 5.03. The quantitative estimate of drug-likeness (QED) is 0.146. The summed E-state index contributed by atoms with van der Waals surface area (Å²) in [5.41, 5.74) is 12.7. The van der Waals surface area contributed by atoms with Gasteiger partial charge in [0.25, 0.3) is 6.71 Å². The molecule has 5 aromatic carbocycles. The van der Waals surface area contributed by atoms with Crippen LogP contribution in [0.4, 0.5) is 5.69 Å². The van der Waals surface area contributed by atoms with E-state index >= 15 is 0 Å². The van der Waals surface area contributed by atoms with Gasteiger partial charge in [0.2, 0.25) is 0 Å². The molecule has 0 N–H and O–H groups in total. The highest BCUT2D eigenvalue weighted by Gasteiger charge is 2.43. The second kappa shape index (κ2) is 7.61. The fraction of sp³-hybridized carbons (Fsp3) is 0.270. The lowest BCUT2D eigenvalue weighted by Gasteiger charge is -2.41. The zero-order chi connectivity index (χ0) is 28.7. The molecular formula is C37H36BN3. The van der Waals surface area contributed by atoms with Crippen LogP contribution >= 0.6 is 0 Å². The molecule has 0 spiro atoms. The van der Waals surface area contributed by atoms with Gasteiger partial charge in [0.15, 0.2) is 0 Å². The van der Waals surface area contributed by atoms with E-state index < -0.39 is 0 Å². The van der Waals surface area contributed by atoms with Crippen molar-refractivity contribution in [2.45, 2.75) is 59.3 Å². The topological polar surface area (TPSA) is 21.1 Å². The summed E-state index contributed by atoms with van der Waals surface area (Å²) < 4.78 is 2.38. The Bertz CT molecular complexity index is 2140. The van der Waals surface area contributed by atoms with E-state index in [0.717, 1.165) is 11.2 Å². The highest BCUT2D eigenvalue weighted by molar-refractivity contribution is 6.96. The first-order chi connectivity index (χ1) is 19.4. The summed E-state index contributed by atoms with van der Waals surface area (Å²) in [6.45, 7) is 20.7. The van der Waals surface area contributed by atoms with Gasteiger partial charge in [-0.15, -0.1) is 0 Å². The highest BCUT2D eigenvalue weighted by Crippen LogP contribution is 2.47.